The van der Waals surface area contributed by atoms with Crippen LogP contribution in [0.2, 0.25) is 0 Å². The third-order valence-corrected chi connectivity index (χ3v) is 7.71. The largest absolute Gasteiger partial charge is 0.465 e. The Hall–Kier alpha value is 0.993. The van der Waals surface area contributed by atoms with E-state index in [9.17, 15) is 0 Å². The maximum atomic E-state index is 8.78. The Labute approximate surface area is 154 Å². The molecule has 0 unspecified atom stereocenters. The smallest absolute Gasteiger partial charge is 0.402 e. The molecule has 8 nitrogen and oxygen atoms in total. The number of hydrogen-bond acceptors (Lipinski definition) is 8. The normalized spacial score (nSPS) is 11.1. The van der Waals surface area contributed by atoms with Gasteiger partial charge in [-0.1, -0.05) is 0 Å². The van der Waals surface area contributed by atoms with E-state index >= 15 is 0 Å². The first-order valence-corrected chi connectivity index (χ1v) is 11.3. The van der Waals surface area contributed by atoms with E-state index in [1.165, 1.54) is 0 Å². The summed E-state index contributed by atoms with van der Waals surface area (Å²) in [4.78, 5) is 8.78. The summed E-state index contributed by atoms with van der Waals surface area (Å²) in [6.07, 6.45) is -1.33. The molecule has 0 aliphatic carbocycles. The summed E-state index contributed by atoms with van der Waals surface area (Å²) in [6.45, 7) is 3.09. The molecule has 0 bridgehead atoms. The number of carbonyl (C=O) groups is 1. The zero-order valence-corrected chi connectivity index (χ0v) is 19.6. The van der Waals surface area contributed by atoms with Crippen molar-refractivity contribution >= 4 is 43.1 Å². The molecular weight excluding hydrogens is 426 g/mol. The van der Waals surface area contributed by atoms with Gasteiger partial charge in [0.1, 0.15) is 0 Å². The maximum absolute atomic E-state index is 8.78. The Kier molecular flexibility index (Phi) is 19.6. The van der Waals surface area contributed by atoms with Gasteiger partial charge < -0.3 is 28.9 Å². The van der Waals surface area contributed by atoms with Gasteiger partial charge in [-0.05, 0) is 51.3 Å². The topological polar surface area (TPSA) is 109 Å². The van der Waals surface area contributed by atoms with Crippen molar-refractivity contribution in [2.45, 2.75) is 27.7 Å². The van der Waals surface area contributed by atoms with Crippen molar-refractivity contribution < 1.29 is 51.8 Å². The Morgan fingerprint density at radius 2 is 1.09 bits per heavy atom. The number of nitrogens with two attached hydrogens (primary N) is 1. The second-order valence-corrected chi connectivity index (χ2v) is 9.14. The molecule has 0 aromatic heterocycles. The second kappa shape index (κ2) is 15.5. The van der Waals surface area contributed by atoms with E-state index in [0.29, 0.717) is 26.4 Å². The van der Waals surface area contributed by atoms with Gasteiger partial charge in [0.25, 0.3) is 0 Å². The molecule has 0 heterocycles. The monoisotopic (exact) mass is 447 g/mol. The average molecular weight is 449 g/mol. The Balaban J connectivity index is -0.000000640. The Bertz CT molecular complexity index is 337. The van der Waals surface area contributed by atoms with Crippen molar-refractivity contribution in [3.8, 4) is 0 Å². The van der Waals surface area contributed by atoms with Crippen molar-refractivity contribution in [3.05, 3.63) is 0 Å². The maximum Gasteiger partial charge on any atom is 0.402 e. The van der Waals surface area contributed by atoms with Crippen molar-refractivity contribution in [1.29, 1.82) is 0 Å². The van der Waals surface area contributed by atoms with Crippen molar-refractivity contribution in [3.63, 3.8) is 0 Å². The fraction of sp³-hybridized carbons (Fsp3) is 0.889. The molecule has 130 valence electrons. The van der Waals surface area contributed by atoms with Crippen LogP contribution in [0.25, 0.3) is 0 Å². The molecule has 0 aromatic carbocycles. The molecule has 0 saturated heterocycles. The van der Waals surface area contributed by atoms with Gasteiger partial charge in [-0.15, -0.1) is 0 Å². The molecule has 0 aliphatic rings. The van der Waals surface area contributed by atoms with Crippen LogP contribution < -0.4 is 5.73 Å². The third-order valence-electron chi connectivity index (χ3n) is 1.35. The van der Waals surface area contributed by atoms with Gasteiger partial charge in [-0.3, -0.25) is 0 Å². The predicted octanol–water partition coefficient (Wildman–Crippen LogP) is 3.22. The molecular formula is C9H23NO7P2S2Zn. The molecule has 0 fully saturated rings. The van der Waals surface area contributed by atoms with Crippen LogP contribution >= 0.6 is 13.4 Å². The van der Waals surface area contributed by atoms with Crippen LogP contribution in [-0.2, 0) is 65.5 Å². The summed E-state index contributed by atoms with van der Waals surface area (Å²) < 4.78 is 26.9. The van der Waals surface area contributed by atoms with Crippen LogP contribution in [-0.4, -0.2) is 37.6 Å². The molecule has 0 saturated carbocycles. The fourth-order valence-electron chi connectivity index (χ4n) is 0.924. The van der Waals surface area contributed by atoms with Gasteiger partial charge in [-0.2, -0.15) is 0 Å². The first-order chi connectivity index (χ1) is 9.68. The second-order valence-electron chi connectivity index (χ2n) is 2.99. The van der Waals surface area contributed by atoms with E-state index < -0.39 is 19.5 Å². The minimum Gasteiger partial charge on any atom is -0.465 e. The predicted molar refractivity (Wildman–Crippen MR) is 88.4 cm³/mol. The standard InChI is InChI=1S/C8H20O5P2S2.CH3NO2.Zn/c1-5-9-14(16,10-6-2)13-15(17,11-7-3)12-8-4;2-1(3)4;/h5-8H2,1-4H3;2H2,(H,3,4);. The van der Waals surface area contributed by atoms with Gasteiger partial charge in [0.15, 0.2) is 0 Å². The molecule has 0 radical (unpaired) electrons. The van der Waals surface area contributed by atoms with Crippen LogP contribution in [0.4, 0.5) is 4.79 Å². The van der Waals surface area contributed by atoms with Crippen LogP contribution in [0.3, 0.4) is 0 Å². The molecule has 13 heteroatoms. The summed E-state index contributed by atoms with van der Waals surface area (Å²) in [7, 11) is 0. The number of primary amides is 1. The first kappa shape index (κ1) is 27.8. The van der Waals surface area contributed by atoms with Crippen LogP contribution in [0.5, 0.6) is 0 Å². The zero-order valence-electron chi connectivity index (χ0n) is 13.2. The Morgan fingerprint density at radius 3 is 1.23 bits per heavy atom. The average Bonchev–Trinajstić information content (AvgIpc) is 2.28. The molecule has 0 spiro atoms. The van der Waals surface area contributed by atoms with E-state index in [2.05, 4.69) is 5.73 Å². The van der Waals surface area contributed by atoms with E-state index in [4.69, 9.17) is 55.9 Å². The van der Waals surface area contributed by atoms with E-state index in [1.54, 1.807) is 0 Å². The molecule has 22 heavy (non-hydrogen) atoms. The van der Waals surface area contributed by atoms with Crippen molar-refractivity contribution in [1.82, 2.24) is 0 Å². The summed E-state index contributed by atoms with van der Waals surface area (Å²) in [5.74, 6) is 0. The first-order valence-electron chi connectivity index (χ1n) is 6.16. The van der Waals surface area contributed by atoms with Gasteiger partial charge in [0.2, 0.25) is 0 Å². The van der Waals surface area contributed by atoms with E-state index in [-0.39, 0.29) is 19.5 Å². The number of amides is 1. The molecule has 0 rings (SSSR count). The van der Waals surface area contributed by atoms with Crippen LogP contribution in [0.1, 0.15) is 27.7 Å². The fourth-order valence-corrected chi connectivity index (χ4v) is 7.30. The van der Waals surface area contributed by atoms with Crippen LogP contribution in [0.15, 0.2) is 0 Å². The number of hydrogen-bond donors (Lipinski definition) is 2. The molecule has 0 atom stereocenters. The van der Waals surface area contributed by atoms with Gasteiger partial charge in [-0.25, -0.2) is 9.11 Å². The summed E-state index contributed by atoms with van der Waals surface area (Å²) in [5, 5.41) is 7.19. The van der Waals surface area contributed by atoms with Crippen molar-refractivity contribution in [2.24, 2.45) is 5.73 Å². The summed E-state index contributed by atoms with van der Waals surface area (Å²) in [6, 6.07) is 0. The van der Waals surface area contributed by atoms with Crippen molar-refractivity contribution in [2.75, 3.05) is 26.4 Å². The minimum absolute atomic E-state index is 0. The van der Waals surface area contributed by atoms with Gasteiger partial charge in [0, 0.05) is 19.5 Å². The molecule has 0 aliphatic heterocycles. The quantitative estimate of drug-likeness (QED) is 0.384. The summed E-state index contributed by atoms with van der Waals surface area (Å²) in [5.41, 5.74) is 4.03. The van der Waals surface area contributed by atoms with Gasteiger partial charge in [0.05, 0.1) is 26.4 Å². The SMILES string of the molecule is CCOP(=S)(OCC)OP(=S)(OCC)OCC.NC(=O)O.[Zn]. The van der Waals surface area contributed by atoms with E-state index in [0.717, 1.165) is 0 Å². The zero-order chi connectivity index (χ0) is 16.9. The van der Waals surface area contributed by atoms with Crippen LogP contribution in [0, 0.1) is 0 Å². The molecule has 3 N–H and O–H groups in total. The van der Waals surface area contributed by atoms with Gasteiger partial charge >= 0.3 is 19.5 Å². The van der Waals surface area contributed by atoms with E-state index in [1.807, 2.05) is 27.7 Å². The number of rotatable bonds is 10. The number of carboxylic acid groups (broad SMARTS) is 1. The third kappa shape index (κ3) is 15.9. The molecule has 0 aromatic rings. The molecule has 1 amide bonds. The summed E-state index contributed by atoms with van der Waals surface area (Å²) >= 11 is 10.4. The Morgan fingerprint density at radius 1 is 0.909 bits per heavy atom. The minimum atomic E-state index is -2.87.